The van der Waals surface area contributed by atoms with E-state index in [4.69, 9.17) is 14.5 Å². The minimum absolute atomic E-state index is 0.0604. The van der Waals surface area contributed by atoms with Gasteiger partial charge in [0, 0.05) is 29.5 Å². The van der Waals surface area contributed by atoms with Crippen LogP contribution in [0.4, 0.5) is 0 Å². The Morgan fingerprint density at radius 1 is 1.16 bits per heavy atom. The molecule has 1 fully saturated rings. The lowest BCUT2D eigenvalue weighted by Crippen LogP contribution is -2.46. The highest BCUT2D eigenvalue weighted by Crippen LogP contribution is 2.55. The van der Waals surface area contributed by atoms with Crippen LogP contribution >= 0.6 is 0 Å². The van der Waals surface area contributed by atoms with Crippen molar-refractivity contribution in [1.29, 1.82) is 0 Å². The summed E-state index contributed by atoms with van der Waals surface area (Å²) in [6.45, 7) is 12.5. The van der Waals surface area contributed by atoms with Gasteiger partial charge in [-0.2, -0.15) is 0 Å². The lowest BCUT2D eigenvalue weighted by atomic mass is 9.83. The van der Waals surface area contributed by atoms with E-state index in [2.05, 4.69) is 62.1 Å². The van der Waals surface area contributed by atoms with Crippen LogP contribution in [0.1, 0.15) is 88.2 Å². The van der Waals surface area contributed by atoms with Crippen molar-refractivity contribution in [1.82, 2.24) is 9.88 Å². The van der Waals surface area contributed by atoms with Gasteiger partial charge in [0.25, 0.3) is 0 Å². The SMILES string of the molecule is CC[C@H]1C(C(=O)OC(C)(C)C)=C[C@@H](c2cnc3ccccc3c2)N2[C@@H]1O[C@@H]1Cc3cccc(C(C)C)c3[C@@H]12. The maximum Gasteiger partial charge on any atom is 0.334 e. The second-order valence-corrected chi connectivity index (χ2v) is 12.3. The summed E-state index contributed by atoms with van der Waals surface area (Å²) in [6, 6.07) is 17.1. The Labute approximate surface area is 225 Å². The van der Waals surface area contributed by atoms with Gasteiger partial charge in [-0.05, 0) is 67.5 Å². The van der Waals surface area contributed by atoms with Gasteiger partial charge in [0.1, 0.15) is 11.8 Å². The highest BCUT2D eigenvalue weighted by Gasteiger charge is 2.55. The predicted molar refractivity (Wildman–Crippen MR) is 150 cm³/mol. The summed E-state index contributed by atoms with van der Waals surface area (Å²) in [5, 5.41) is 1.10. The first-order valence-electron chi connectivity index (χ1n) is 14.0. The monoisotopic (exact) mass is 510 g/mol. The van der Waals surface area contributed by atoms with Crippen molar-refractivity contribution in [3.63, 3.8) is 0 Å². The topological polar surface area (TPSA) is 51.7 Å². The molecule has 3 aliphatic rings. The van der Waals surface area contributed by atoms with Gasteiger partial charge >= 0.3 is 5.97 Å². The lowest BCUT2D eigenvalue weighted by molar-refractivity contribution is -0.152. The van der Waals surface area contributed by atoms with Crippen LogP contribution in [0.15, 0.2) is 66.4 Å². The number of nitrogens with zero attached hydrogens (tertiary/aromatic N) is 2. The molecule has 5 atom stereocenters. The third-order valence-corrected chi connectivity index (χ3v) is 8.28. The van der Waals surface area contributed by atoms with Gasteiger partial charge in [0.2, 0.25) is 0 Å². The van der Waals surface area contributed by atoms with Gasteiger partial charge in [0.05, 0.1) is 23.7 Å². The summed E-state index contributed by atoms with van der Waals surface area (Å²) in [7, 11) is 0. The molecule has 0 spiro atoms. The van der Waals surface area contributed by atoms with Crippen molar-refractivity contribution in [3.05, 3.63) is 88.6 Å². The summed E-state index contributed by atoms with van der Waals surface area (Å²) in [5.41, 5.74) is 6.39. The molecule has 0 N–H and O–H groups in total. The molecule has 198 valence electrons. The van der Waals surface area contributed by atoms with Crippen LogP contribution in [0.25, 0.3) is 10.9 Å². The van der Waals surface area contributed by atoms with Crippen LogP contribution in [-0.2, 0) is 20.7 Å². The Kier molecular flexibility index (Phi) is 6.20. The van der Waals surface area contributed by atoms with E-state index in [1.165, 1.54) is 16.7 Å². The molecule has 5 nitrogen and oxygen atoms in total. The van der Waals surface area contributed by atoms with Gasteiger partial charge in [-0.25, -0.2) is 4.79 Å². The minimum atomic E-state index is -0.564. The van der Waals surface area contributed by atoms with Gasteiger partial charge in [-0.3, -0.25) is 9.88 Å². The van der Waals surface area contributed by atoms with Crippen LogP contribution < -0.4 is 0 Å². The second-order valence-electron chi connectivity index (χ2n) is 12.3. The molecule has 5 heteroatoms. The third kappa shape index (κ3) is 4.17. The van der Waals surface area contributed by atoms with Crippen LogP contribution in [0.2, 0.25) is 0 Å². The molecule has 0 radical (unpaired) electrons. The molecule has 1 aromatic heterocycles. The summed E-state index contributed by atoms with van der Waals surface area (Å²) >= 11 is 0. The molecule has 2 aromatic carbocycles. The van der Waals surface area contributed by atoms with Crippen molar-refractivity contribution in [3.8, 4) is 0 Å². The zero-order valence-electron chi connectivity index (χ0n) is 23.3. The minimum Gasteiger partial charge on any atom is -0.457 e. The number of aromatic nitrogens is 1. The number of para-hydroxylation sites is 1. The van der Waals surface area contributed by atoms with E-state index < -0.39 is 5.60 Å². The Morgan fingerprint density at radius 3 is 2.68 bits per heavy atom. The van der Waals surface area contributed by atoms with E-state index in [1.807, 2.05) is 45.2 Å². The van der Waals surface area contributed by atoms with E-state index in [1.54, 1.807) is 0 Å². The first-order valence-corrected chi connectivity index (χ1v) is 14.0. The van der Waals surface area contributed by atoms with Crippen LogP contribution in [0, 0.1) is 5.92 Å². The van der Waals surface area contributed by atoms with Crippen molar-refractivity contribution < 1.29 is 14.3 Å². The zero-order valence-corrected chi connectivity index (χ0v) is 23.3. The van der Waals surface area contributed by atoms with Crippen LogP contribution in [-0.4, -0.2) is 33.8 Å². The number of rotatable bonds is 4. The predicted octanol–water partition coefficient (Wildman–Crippen LogP) is 7.03. The number of ether oxygens (including phenoxy) is 2. The van der Waals surface area contributed by atoms with E-state index in [9.17, 15) is 4.79 Å². The summed E-state index contributed by atoms with van der Waals surface area (Å²) < 4.78 is 12.8. The number of carbonyl (C=O) groups excluding carboxylic acids is 1. The number of esters is 1. The van der Waals surface area contributed by atoms with E-state index in [0.29, 0.717) is 5.92 Å². The molecular weight excluding hydrogens is 472 g/mol. The molecule has 2 aliphatic heterocycles. The lowest BCUT2D eigenvalue weighted by Gasteiger charge is -2.43. The van der Waals surface area contributed by atoms with Crippen molar-refractivity contribution >= 4 is 16.9 Å². The quantitative estimate of drug-likeness (QED) is 0.353. The second kappa shape index (κ2) is 9.32. The number of hydrogen-bond acceptors (Lipinski definition) is 5. The molecule has 6 rings (SSSR count). The van der Waals surface area contributed by atoms with Gasteiger partial charge in [-0.15, -0.1) is 0 Å². The van der Waals surface area contributed by atoms with Crippen molar-refractivity contribution in [2.45, 2.75) is 90.3 Å². The normalized spacial score (nSPS) is 26.7. The van der Waals surface area contributed by atoms with Gasteiger partial charge in [0.15, 0.2) is 0 Å². The molecule has 1 saturated heterocycles. The molecule has 3 heterocycles. The fraction of sp³-hybridized carbons (Fsp3) is 0.455. The molecule has 1 aliphatic carbocycles. The average molecular weight is 511 g/mol. The van der Waals surface area contributed by atoms with Crippen LogP contribution in [0.3, 0.4) is 0 Å². The van der Waals surface area contributed by atoms with Crippen molar-refractivity contribution in [2.24, 2.45) is 5.92 Å². The first-order chi connectivity index (χ1) is 18.2. The summed E-state index contributed by atoms with van der Waals surface area (Å²) in [5.74, 6) is 0.115. The molecule has 3 aromatic rings. The maximum atomic E-state index is 13.6. The number of pyridine rings is 1. The summed E-state index contributed by atoms with van der Waals surface area (Å²) in [6.07, 6.45) is 5.67. The molecule has 38 heavy (non-hydrogen) atoms. The Hall–Kier alpha value is -3.02. The Morgan fingerprint density at radius 2 is 1.95 bits per heavy atom. The largest absolute Gasteiger partial charge is 0.457 e. The Balaban J connectivity index is 1.52. The smallest absolute Gasteiger partial charge is 0.334 e. The average Bonchev–Trinajstić information content (AvgIpc) is 3.42. The summed E-state index contributed by atoms with van der Waals surface area (Å²) in [4.78, 5) is 20.9. The first kappa shape index (κ1) is 25.3. The van der Waals surface area contributed by atoms with E-state index in [0.717, 1.165) is 34.9 Å². The molecular formula is C33H38N2O3. The number of fused-ring (bicyclic) bond motifs is 6. The number of carbonyl (C=O) groups is 1. The number of benzene rings is 2. The van der Waals surface area contributed by atoms with Crippen LogP contribution in [0.5, 0.6) is 0 Å². The fourth-order valence-electron chi connectivity index (χ4n) is 6.72. The standard InChI is InChI=1S/C33H38N2O3/c1-7-23-25(32(36)38-33(4,5)6)17-27(22-15-20-11-8-9-14-26(20)34-18-22)35-30-28(37-31(23)35)16-21-12-10-13-24(19(2)3)29(21)30/h8-15,17-19,23,27-28,30-31H,7,16H2,1-6H3/t23-,27-,28+,30+,31+/m0/s1. The third-order valence-electron chi connectivity index (χ3n) is 8.28. The van der Waals surface area contributed by atoms with E-state index in [-0.39, 0.29) is 36.3 Å². The van der Waals surface area contributed by atoms with Gasteiger partial charge < -0.3 is 9.47 Å². The Bertz CT molecular complexity index is 1420. The highest BCUT2D eigenvalue weighted by atomic mass is 16.6. The fourth-order valence-corrected chi connectivity index (χ4v) is 6.72. The number of hydrogen-bond donors (Lipinski definition) is 0. The zero-order chi connectivity index (χ0) is 26.8. The molecule has 0 saturated carbocycles. The molecule has 0 amide bonds. The van der Waals surface area contributed by atoms with E-state index >= 15 is 0 Å². The molecule has 0 bridgehead atoms. The maximum absolute atomic E-state index is 13.6. The molecule has 0 unspecified atom stereocenters. The van der Waals surface area contributed by atoms with Crippen molar-refractivity contribution in [2.75, 3.05) is 0 Å². The highest BCUT2D eigenvalue weighted by molar-refractivity contribution is 5.90. The van der Waals surface area contributed by atoms with Gasteiger partial charge in [-0.1, -0.05) is 63.2 Å².